The molecule has 0 radical (unpaired) electrons. The van der Waals surface area contributed by atoms with Gasteiger partial charge in [0.05, 0.1) is 10.6 Å². The first-order valence-corrected chi connectivity index (χ1v) is 14.0. The fourth-order valence-electron chi connectivity index (χ4n) is 3.37. The van der Waals surface area contributed by atoms with Crippen LogP contribution >= 0.6 is 11.8 Å². The first kappa shape index (κ1) is 25.8. The summed E-state index contributed by atoms with van der Waals surface area (Å²) >= 11 is 1.73. The predicted molar refractivity (Wildman–Crippen MR) is 142 cm³/mol. The standard InChI is InChI=1S/C27H32N2O3S2/c1-4-23-11-13-25(14-12-23)29(34(31,32)26-15-7-22(3)8-16-26)19-27(30)28-17-18-33-20-24-9-5-21(2)6-10-24/h5-16H,4,17-20H2,1-3H3,(H,28,30). The molecule has 0 saturated heterocycles. The summed E-state index contributed by atoms with van der Waals surface area (Å²) < 4.78 is 28.1. The summed E-state index contributed by atoms with van der Waals surface area (Å²) in [6, 6.07) is 22.4. The van der Waals surface area contributed by atoms with Gasteiger partial charge in [0.15, 0.2) is 0 Å². The van der Waals surface area contributed by atoms with Crippen LogP contribution in [-0.4, -0.2) is 33.2 Å². The number of carbonyl (C=O) groups excluding carboxylic acids is 1. The molecule has 0 fully saturated rings. The van der Waals surface area contributed by atoms with E-state index in [4.69, 9.17) is 0 Å². The molecule has 0 bridgehead atoms. The first-order chi connectivity index (χ1) is 16.3. The van der Waals surface area contributed by atoms with Gasteiger partial charge in [-0.3, -0.25) is 9.10 Å². The molecule has 1 N–H and O–H groups in total. The third kappa shape index (κ3) is 7.11. The molecule has 3 rings (SSSR count). The third-order valence-electron chi connectivity index (χ3n) is 5.49. The fourth-order valence-corrected chi connectivity index (χ4v) is 5.61. The van der Waals surface area contributed by atoms with Crippen molar-refractivity contribution in [2.24, 2.45) is 0 Å². The fraction of sp³-hybridized carbons (Fsp3) is 0.296. The minimum Gasteiger partial charge on any atom is -0.354 e. The Morgan fingerprint density at radius 2 is 1.41 bits per heavy atom. The summed E-state index contributed by atoms with van der Waals surface area (Å²) in [5, 5.41) is 2.87. The number of hydrogen-bond donors (Lipinski definition) is 1. The maximum absolute atomic E-state index is 13.4. The summed E-state index contributed by atoms with van der Waals surface area (Å²) in [7, 11) is -3.89. The monoisotopic (exact) mass is 496 g/mol. The smallest absolute Gasteiger partial charge is 0.264 e. The molecular weight excluding hydrogens is 464 g/mol. The van der Waals surface area contributed by atoms with Crippen molar-refractivity contribution in [2.45, 2.75) is 37.8 Å². The minimum atomic E-state index is -3.89. The maximum Gasteiger partial charge on any atom is 0.264 e. The number of anilines is 1. The molecule has 1 amide bonds. The molecule has 34 heavy (non-hydrogen) atoms. The highest BCUT2D eigenvalue weighted by Gasteiger charge is 2.27. The number of benzene rings is 3. The van der Waals surface area contributed by atoms with E-state index in [-0.39, 0.29) is 17.3 Å². The molecule has 3 aromatic carbocycles. The van der Waals surface area contributed by atoms with Crippen molar-refractivity contribution in [3.63, 3.8) is 0 Å². The zero-order valence-electron chi connectivity index (χ0n) is 20.0. The Hall–Kier alpha value is -2.77. The number of nitrogens with one attached hydrogen (secondary N) is 1. The molecule has 0 aromatic heterocycles. The van der Waals surface area contributed by atoms with Crippen LogP contribution in [0, 0.1) is 13.8 Å². The van der Waals surface area contributed by atoms with Crippen molar-refractivity contribution in [3.05, 3.63) is 95.1 Å². The largest absolute Gasteiger partial charge is 0.354 e. The molecule has 180 valence electrons. The van der Waals surface area contributed by atoms with Gasteiger partial charge in [0, 0.05) is 18.1 Å². The maximum atomic E-state index is 13.4. The van der Waals surface area contributed by atoms with Gasteiger partial charge in [0.2, 0.25) is 5.91 Å². The number of amides is 1. The van der Waals surface area contributed by atoms with E-state index in [9.17, 15) is 13.2 Å². The van der Waals surface area contributed by atoms with Crippen LogP contribution < -0.4 is 9.62 Å². The highest BCUT2D eigenvalue weighted by Crippen LogP contribution is 2.24. The Morgan fingerprint density at radius 1 is 0.853 bits per heavy atom. The van der Waals surface area contributed by atoms with E-state index >= 15 is 0 Å². The Kier molecular flexibility index (Phi) is 9.19. The molecule has 0 saturated carbocycles. The van der Waals surface area contributed by atoms with Crippen LogP contribution in [0.2, 0.25) is 0 Å². The summed E-state index contributed by atoms with van der Waals surface area (Å²) in [6.07, 6.45) is 0.853. The number of aryl methyl sites for hydroxylation is 3. The van der Waals surface area contributed by atoms with Gasteiger partial charge >= 0.3 is 0 Å². The average Bonchev–Trinajstić information content (AvgIpc) is 2.84. The lowest BCUT2D eigenvalue weighted by molar-refractivity contribution is -0.119. The second kappa shape index (κ2) is 12.1. The summed E-state index contributed by atoms with van der Waals surface area (Å²) in [6.45, 7) is 6.21. The lowest BCUT2D eigenvalue weighted by Crippen LogP contribution is -2.41. The Balaban J connectivity index is 1.65. The second-order valence-corrected chi connectivity index (χ2v) is 11.2. The number of rotatable bonds is 11. The van der Waals surface area contributed by atoms with Crippen LogP contribution in [0.25, 0.3) is 0 Å². The number of nitrogens with zero attached hydrogens (tertiary/aromatic N) is 1. The highest BCUT2D eigenvalue weighted by atomic mass is 32.2. The predicted octanol–water partition coefficient (Wildman–Crippen LogP) is 5.11. The quantitative estimate of drug-likeness (QED) is 0.375. The van der Waals surface area contributed by atoms with Crippen LogP contribution in [0.5, 0.6) is 0 Å². The average molecular weight is 497 g/mol. The zero-order valence-corrected chi connectivity index (χ0v) is 21.6. The number of thioether (sulfide) groups is 1. The topological polar surface area (TPSA) is 66.5 Å². The first-order valence-electron chi connectivity index (χ1n) is 11.4. The molecule has 0 heterocycles. The molecule has 0 spiro atoms. The Morgan fingerprint density at radius 3 is 2.00 bits per heavy atom. The van der Waals surface area contributed by atoms with E-state index in [2.05, 4.69) is 36.5 Å². The van der Waals surface area contributed by atoms with E-state index in [0.717, 1.165) is 29.1 Å². The van der Waals surface area contributed by atoms with E-state index in [1.165, 1.54) is 15.4 Å². The molecule has 0 aliphatic heterocycles. The van der Waals surface area contributed by atoms with Gasteiger partial charge in [-0.2, -0.15) is 11.8 Å². The Labute approximate surface area is 207 Å². The van der Waals surface area contributed by atoms with Crippen molar-refractivity contribution in [2.75, 3.05) is 23.1 Å². The number of carbonyl (C=O) groups is 1. The second-order valence-electron chi connectivity index (χ2n) is 8.23. The van der Waals surface area contributed by atoms with Gasteiger partial charge in [-0.25, -0.2) is 8.42 Å². The normalized spacial score (nSPS) is 11.3. The number of sulfonamides is 1. The lowest BCUT2D eigenvalue weighted by atomic mass is 10.1. The summed E-state index contributed by atoms with van der Waals surface area (Å²) in [4.78, 5) is 12.9. The van der Waals surface area contributed by atoms with Crippen molar-refractivity contribution >= 4 is 33.4 Å². The zero-order chi connectivity index (χ0) is 24.6. The van der Waals surface area contributed by atoms with Crippen molar-refractivity contribution < 1.29 is 13.2 Å². The lowest BCUT2D eigenvalue weighted by Gasteiger charge is -2.24. The molecule has 5 nitrogen and oxygen atoms in total. The van der Waals surface area contributed by atoms with Gasteiger partial charge in [-0.05, 0) is 55.7 Å². The molecule has 0 unspecified atom stereocenters. The molecule has 0 aliphatic carbocycles. The van der Waals surface area contributed by atoms with E-state index < -0.39 is 10.0 Å². The van der Waals surface area contributed by atoms with Crippen LogP contribution in [0.1, 0.15) is 29.2 Å². The highest BCUT2D eigenvalue weighted by molar-refractivity contribution is 7.98. The van der Waals surface area contributed by atoms with Gasteiger partial charge in [-0.1, -0.05) is 66.6 Å². The van der Waals surface area contributed by atoms with Gasteiger partial charge < -0.3 is 5.32 Å². The SMILES string of the molecule is CCc1ccc(N(CC(=O)NCCSCc2ccc(C)cc2)S(=O)(=O)c2ccc(C)cc2)cc1. The van der Waals surface area contributed by atoms with E-state index in [0.29, 0.717) is 12.2 Å². The van der Waals surface area contributed by atoms with E-state index in [1.54, 1.807) is 48.2 Å². The van der Waals surface area contributed by atoms with Crippen molar-refractivity contribution in [3.8, 4) is 0 Å². The molecule has 0 aliphatic rings. The third-order valence-corrected chi connectivity index (χ3v) is 8.31. The van der Waals surface area contributed by atoms with Gasteiger partial charge in [0.25, 0.3) is 10.0 Å². The van der Waals surface area contributed by atoms with E-state index in [1.807, 2.05) is 26.0 Å². The van der Waals surface area contributed by atoms with Crippen molar-refractivity contribution in [1.29, 1.82) is 0 Å². The molecule has 7 heteroatoms. The number of hydrogen-bond acceptors (Lipinski definition) is 4. The molecule has 0 atom stereocenters. The Bertz CT molecular complexity index is 1170. The van der Waals surface area contributed by atoms with Crippen LogP contribution in [0.15, 0.2) is 77.7 Å². The minimum absolute atomic E-state index is 0.166. The molecule has 3 aromatic rings. The van der Waals surface area contributed by atoms with Crippen LogP contribution in [0.3, 0.4) is 0 Å². The summed E-state index contributed by atoms with van der Waals surface area (Å²) in [5.74, 6) is 1.29. The van der Waals surface area contributed by atoms with Gasteiger partial charge in [-0.15, -0.1) is 0 Å². The summed E-state index contributed by atoms with van der Waals surface area (Å²) in [5.41, 5.74) is 5.02. The molecular formula is C27H32N2O3S2. The van der Waals surface area contributed by atoms with Gasteiger partial charge in [0.1, 0.15) is 6.54 Å². The van der Waals surface area contributed by atoms with Crippen LogP contribution in [-0.2, 0) is 27.0 Å². The van der Waals surface area contributed by atoms with Crippen molar-refractivity contribution in [1.82, 2.24) is 5.32 Å². The van der Waals surface area contributed by atoms with Crippen LogP contribution in [0.4, 0.5) is 5.69 Å².